The van der Waals surface area contributed by atoms with Crippen molar-refractivity contribution in [1.82, 2.24) is 0 Å². The summed E-state index contributed by atoms with van der Waals surface area (Å²) in [4.78, 5) is 22.3. The average Bonchev–Trinajstić information content (AvgIpc) is 3.31. The maximum absolute atomic E-state index is 11.8. The third kappa shape index (κ3) is 3.03. The molecule has 6 nitrogen and oxygen atoms in total. The molecule has 0 bridgehead atoms. The molecule has 0 unspecified atom stereocenters. The number of rotatable bonds is 5. The van der Waals surface area contributed by atoms with Gasteiger partial charge in [-0.1, -0.05) is 59.7 Å². The van der Waals surface area contributed by atoms with Gasteiger partial charge in [0, 0.05) is 17.4 Å². The second-order valence-corrected chi connectivity index (χ2v) is 6.55. The van der Waals surface area contributed by atoms with Crippen LogP contribution in [-0.2, 0) is 0 Å². The highest BCUT2D eigenvalue weighted by Crippen LogP contribution is 2.58. The predicted octanol–water partition coefficient (Wildman–Crippen LogP) is 4.12. The van der Waals surface area contributed by atoms with Gasteiger partial charge in [0.05, 0.1) is 10.8 Å². The molecule has 1 aliphatic rings. The van der Waals surface area contributed by atoms with Crippen molar-refractivity contribution in [3.8, 4) is 0 Å². The van der Waals surface area contributed by atoms with Gasteiger partial charge < -0.3 is 0 Å². The third-order valence-corrected chi connectivity index (χ3v) is 4.76. The molecule has 1 saturated carbocycles. The minimum Gasteiger partial charge on any atom is -0.263 e. The molecule has 1 aliphatic carbocycles. The van der Waals surface area contributed by atoms with Gasteiger partial charge in [-0.05, 0) is 25.0 Å². The first-order valence-electron chi connectivity index (χ1n) is 7.99. The molecule has 25 heavy (non-hydrogen) atoms. The molecule has 0 aromatic heterocycles. The molecule has 0 saturated heterocycles. The highest BCUT2D eigenvalue weighted by Gasteiger charge is 2.74. The average molecular weight is 338 g/mol. The Kier molecular flexibility index (Phi) is 4.12. The minimum atomic E-state index is -1.66. The smallest absolute Gasteiger partial charge is 0.263 e. The summed E-state index contributed by atoms with van der Waals surface area (Å²) in [6.45, 7) is 3.84. The molecule has 2 aromatic rings. The van der Waals surface area contributed by atoms with Crippen LogP contribution in [0.5, 0.6) is 0 Å². The fourth-order valence-corrected chi connectivity index (χ4v) is 3.18. The van der Waals surface area contributed by atoms with Crippen LogP contribution in [0.25, 0.3) is 6.08 Å². The molecule has 6 heteroatoms. The Bertz CT molecular complexity index is 856. The van der Waals surface area contributed by atoms with E-state index in [4.69, 9.17) is 0 Å². The van der Waals surface area contributed by atoms with E-state index < -0.39 is 21.3 Å². The first kappa shape index (κ1) is 16.8. The van der Waals surface area contributed by atoms with Crippen LogP contribution in [0.2, 0.25) is 0 Å². The molecule has 0 aliphatic heterocycles. The largest absolute Gasteiger partial charge is 0.323 e. The molecular formula is C19H18N2O4. The fourth-order valence-electron chi connectivity index (χ4n) is 3.18. The lowest BCUT2D eigenvalue weighted by Gasteiger charge is -2.08. The first-order chi connectivity index (χ1) is 11.8. The van der Waals surface area contributed by atoms with Gasteiger partial charge in [-0.2, -0.15) is 0 Å². The van der Waals surface area contributed by atoms with E-state index in [0.29, 0.717) is 5.56 Å². The summed E-state index contributed by atoms with van der Waals surface area (Å²) in [5.41, 5.74) is 1.40. The number of hydrogen-bond donors (Lipinski definition) is 0. The molecule has 0 heterocycles. The van der Waals surface area contributed by atoms with E-state index >= 15 is 0 Å². The highest BCUT2D eigenvalue weighted by molar-refractivity contribution is 5.56. The van der Waals surface area contributed by atoms with Crippen LogP contribution in [0.3, 0.4) is 0 Å². The maximum atomic E-state index is 11.8. The Hall–Kier alpha value is -3.02. The maximum Gasteiger partial charge on any atom is 0.323 e. The number of nitro groups is 2. The molecule has 1 fully saturated rings. The van der Waals surface area contributed by atoms with E-state index in [0.717, 1.165) is 16.7 Å². The van der Waals surface area contributed by atoms with Gasteiger partial charge >= 0.3 is 11.2 Å². The summed E-state index contributed by atoms with van der Waals surface area (Å²) in [5, 5.41) is 23.4. The van der Waals surface area contributed by atoms with Crippen molar-refractivity contribution in [2.24, 2.45) is 0 Å². The van der Waals surface area contributed by atoms with Gasteiger partial charge in [0.2, 0.25) is 0 Å². The molecular weight excluding hydrogens is 320 g/mol. The Balaban J connectivity index is 2.03. The van der Waals surface area contributed by atoms with Gasteiger partial charge in [-0.15, -0.1) is 0 Å². The van der Waals surface area contributed by atoms with Crippen molar-refractivity contribution in [2.45, 2.75) is 31.7 Å². The van der Waals surface area contributed by atoms with Gasteiger partial charge in [-0.25, -0.2) is 0 Å². The number of nitrogens with zero attached hydrogens (tertiary/aromatic N) is 2. The summed E-state index contributed by atoms with van der Waals surface area (Å²) >= 11 is 0. The van der Waals surface area contributed by atoms with Crippen molar-refractivity contribution in [2.75, 3.05) is 0 Å². The van der Waals surface area contributed by atoms with E-state index in [-0.39, 0.29) is 12.1 Å². The highest BCUT2D eigenvalue weighted by atomic mass is 16.6. The van der Waals surface area contributed by atoms with Crippen LogP contribution >= 0.6 is 0 Å². The molecule has 2 aromatic carbocycles. The Morgan fingerprint density at radius 1 is 1.00 bits per heavy atom. The Morgan fingerprint density at radius 3 is 2.00 bits per heavy atom. The normalized spacial score (nSPS) is 22.5. The Labute approximate surface area is 145 Å². The topological polar surface area (TPSA) is 86.3 Å². The van der Waals surface area contributed by atoms with E-state index in [1.807, 2.05) is 50.2 Å². The molecule has 0 radical (unpaired) electrons. The summed E-state index contributed by atoms with van der Waals surface area (Å²) in [7, 11) is 0. The second kappa shape index (κ2) is 6.12. The van der Waals surface area contributed by atoms with Crippen LogP contribution in [0.15, 0.2) is 54.2 Å². The van der Waals surface area contributed by atoms with E-state index in [2.05, 4.69) is 0 Å². The van der Waals surface area contributed by atoms with Gasteiger partial charge in [0.25, 0.3) is 0 Å². The number of hydrogen-bond acceptors (Lipinski definition) is 4. The second-order valence-electron chi connectivity index (χ2n) is 6.55. The summed E-state index contributed by atoms with van der Waals surface area (Å²) in [5.74, 6) is -0.481. The standard InChI is InChI=1S/C19H18N2O4/c1-13-3-7-15(8-4-13)11-18(20(22)23)19(21(24)25)12-17(19)16-9-5-14(2)6-10-16/h3-11,17H,12H2,1-2H3/b18-11+/t17-,19+/m1/s1. The third-order valence-electron chi connectivity index (χ3n) is 4.76. The zero-order valence-corrected chi connectivity index (χ0v) is 14.0. The molecule has 0 N–H and O–H groups in total. The van der Waals surface area contributed by atoms with Crippen LogP contribution in [-0.4, -0.2) is 15.4 Å². The SMILES string of the molecule is Cc1ccc(/C=C(/[N+](=O)[O-])[C@]2([N+](=O)[O-])C[C@@H]2c2ccc(C)cc2)cc1. The quantitative estimate of drug-likeness (QED) is 0.606. The minimum absolute atomic E-state index is 0.141. The van der Waals surface area contributed by atoms with Gasteiger partial charge in [0.1, 0.15) is 0 Å². The van der Waals surface area contributed by atoms with E-state index in [9.17, 15) is 20.2 Å². The Morgan fingerprint density at radius 2 is 1.52 bits per heavy atom. The van der Waals surface area contributed by atoms with E-state index in [1.54, 1.807) is 12.1 Å². The molecule has 2 atom stereocenters. The molecule has 128 valence electrons. The monoisotopic (exact) mass is 338 g/mol. The zero-order chi connectivity index (χ0) is 18.2. The van der Waals surface area contributed by atoms with Crippen LogP contribution in [0.4, 0.5) is 0 Å². The van der Waals surface area contributed by atoms with Crippen molar-refractivity contribution in [3.05, 3.63) is 96.7 Å². The van der Waals surface area contributed by atoms with E-state index in [1.165, 1.54) is 6.08 Å². The van der Waals surface area contributed by atoms with Crippen LogP contribution < -0.4 is 0 Å². The lowest BCUT2D eigenvalue weighted by Crippen LogP contribution is -2.30. The molecule has 0 amide bonds. The summed E-state index contributed by atoms with van der Waals surface area (Å²) in [6, 6.07) is 14.5. The summed E-state index contributed by atoms with van der Waals surface area (Å²) < 4.78 is 0. The van der Waals surface area contributed by atoms with Gasteiger partial charge in [-0.3, -0.25) is 20.2 Å². The predicted molar refractivity (Wildman–Crippen MR) is 94.4 cm³/mol. The van der Waals surface area contributed by atoms with Crippen LogP contribution in [0, 0.1) is 34.1 Å². The summed E-state index contributed by atoms with van der Waals surface area (Å²) in [6.07, 6.45) is 1.47. The fraction of sp³-hybridized carbons (Fsp3) is 0.263. The molecule has 0 spiro atoms. The lowest BCUT2D eigenvalue weighted by molar-refractivity contribution is -0.569. The lowest BCUT2D eigenvalue weighted by atomic mass is 10.0. The number of benzene rings is 2. The van der Waals surface area contributed by atoms with Gasteiger partial charge in [0.15, 0.2) is 0 Å². The zero-order valence-electron chi connectivity index (χ0n) is 14.0. The van der Waals surface area contributed by atoms with Crippen molar-refractivity contribution >= 4 is 6.08 Å². The molecule has 3 rings (SSSR count). The van der Waals surface area contributed by atoms with Crippen molar-refractivity contribution in [1.29, 1.82) is 0 Å². The first-order valence-corrected chi connectivity index (χ1v) is 7.99. The van der Waals surface area contributed by atoms with Crippen LogP contribution in [0.1, 0.15) is 34.6 Å². The number of aryl methyl sites for hydroxylation is 2. The van der Waals surface area contributed by atoms with Crippen molar-refractivity contribution < 1.29 is 9.85 Å². The van der Waals surface area contributed by atoms with Crippen molar-refractivity contribution in [3.63, 3.8) is 0 Å².